The molecule has 11 heavy (non-hydrogen) atoms. The normalized spacial score (nSPS) is 9.55. The molecule has 4 nitrogen and oxygen atoms in total. The summed E-state index contributed by atoms with van der Waals surface area (Å²) in [5, 5.41) is 10.3. The number of carbonyl (C=O) groups excluding carboxylic acids is 1. The third kappa shape index (κ3) is 1.91. The Morgan fingerprint density at radius 1 is 1.82 bits per heavy atom. The molecule has 0 aromatic carbocycles. The Labute approximate surface area is 67.6 Å². The largest absolute Gasteiger partial charge is 0.461 e. The predicted molar refractivity (Wildman–Crippen MR) is 38.2 cm³/mol. The minimum absolute atomic E-state index is 0.0989. The van der Waals surface area contributed by atoms with E-state index in [4.69, 9.17) is 0 Å². The summed E-state index contributed by atoms with van der Waals surface area (Å²) in [7, 11) is 0. The summed E-state index contributed by atoms with van der Waals surface area (Å²) in [5.41, 5.74) is 0.0989. The standard InChI is InChI=1S/C6H6NO3S/c1-2-10-6(9)4-3-5(8)11-7-4/h3H,2H2,1H3. The van der Waals surface area contributed by atoms with Crippen molar-refractivity contribution in [2.24, 2.45) is 0 Å². The molecule has 1 radical (unpaired) electrons. The number of rotatable bonds is 2. The summed E-state index contributed by atoms with van der Waals surface area (Å²) in [6, 6.07) is 1.17. The van der Waals surface area contributed by atoms with Gasteiger partial charge >= 0.3 is 5.97 Å². The molecule has 1 rings (SSSR count). The quantitative estimate of drug-likeness (QED) is 0.634. The van der Waals surface area contributed by atoms with Crippen LogP contribution in [0.1, 0.15) is 17.4 Å². The van der Waals surface area contributed by atoms with E-state index in [0.717, 1.165) is 11.5 Å². The van der Waals surface area contributed by atoms with Gasteiger partial charge in [0.1, 0.15) is 0 Å². The van der Waals surface area contributed by atoms with Crippen LogP contribution in [0.15, 0.2) is 6.07 Å². The van der Waals surface area contributed by atoms with E-state index in [0.29, 0.717) is 6.61 Å². The van der Waals surface area contributed by atoms with Crippen molar-refractivity contribution in [1.82, 2.24) is 4.37 Å². The molecule has 0 amide bonds. The second kappa shape index (κ2) is 3.34. The molecule has 1 aromatic rings. The number of esters is 1. The molecule has 0 saturated heterocycles. The number of aromatic nitrogens is 1. The molecule has 1 heterocycles. The van der Waals surface area contributed by atoms with Crippen molar-refractivity contribution in [1.29, 1.82) is 0 Å². The molecule has 0 fully saturated rings. The summed E-state index contributed by atoms with van der Waals surface area (Å²) in [6.45, 7) is 1.99. The maximum absolute atomic E-state index is 10.8. The molecule has 0 aliphatic heterocycles. The molecule has 0 aliphatic carbocycles. The molecule has 0 aliphatic rings. The molecular formula is C6H6NO3S. The fourth-order valence-electron chi connectivity index (χ4n) is 0.560. The van der Waals surface area contributed by atoms with Gasteiger partial charge < -0.3 is 4.74 Å². The van der Waals surface area contributed by atoms with Gasteiger partial charge in [-0.25, -0.2) is 4.79 Å². The van der Waals surface area contributed by atoms with Gasteiger partial charge in [-0.1, -0.05) is 0 Å². The van der Waals surface area contributed by atoms with Crippen molar-refractivity contribution in [2.45, 2.75) is 6.92 Å². The van der Waals surface area contributed by atoms with Gasteiger partial charge in [-0.3, -0.25) is 5.11 Å². The summed E-state index contributed by atoms with van der Waals surface area (Å²) in [5.74, 6) is -0.536. The lowest BCUT2D eigenvalue weighted by Gasteiger charge is -1.94. The van der Waals surface area contributed by atoms with E-state index in [9.17, 15) is 9.90 Å². The van der Waals surface area contributed by atoms with E-state index in [1.165, 1.54) is 6.07 Å². The van der Waals surface area contributed by atoms with Crippen molar-refractivity contribution in [2.75, 3.05) is 6.61 Å². The van der Waals surface area contributed by atoms with Gasteiger partial charge in [-0.15, -0.1) is 0 Å². The molecule has 59 valence electrons. The zero-order valence-corrected chi connectivity index (χ0v) is 6.68. The molecule has 0 unspecified atom stereocenters. The zero-order chi connectivity index (χ0) is 8.27. The summed E-state index contributed by atoms with van der Waals surface area (Å²) >= 11 is 0.752. The van der Waals surface area contributed by atoms with Gasteiger partial charge in [0.25, 0.3) is 5.06 Å². The lowest BCUT2D eigenvalue weighted by atomic mass is 10.4. The second-order valence-electron chi connectivity index (χ2n) is 1.75. The van der Waals surface area contributed by atoms with Crippen molar-refractivity contribution in [3.8, 4) is 5.06 Å². The van der Waals surface area contributed by atoms with E-state index in [2.05, 4.69) is 9.11 Å². The van der Waals surface area contributed by atoms with Gasteiger partial charge in [0, 0.05) is 17.6 Å². The van der Waals surface area contributed by atoms with Crippen LogP contribution in [0.25, 0.3) is 0 Å². The van der Waals surface area contributed by atoms with E-state index in [-0.39, 0.29) is 10.8 Å². The summed E-state index contributed by atoms with van der Waals surface area (Å²) in [4.78, 5) is 10.8. The first-order valence-corrected chi connectivity index (χ1v) is 3.82. The van der Waals surface area contributed by atoms with Crippen LogP contribution in [0.5, 0.6) is 5.06 Å². The third-order valence-corrected chi connectivity index (χ3v) is 1.56. The average Bonchev–Trinajstić information content (AvgIpc) is 2.36. The highest BCUT2D eigenvalue weighted by molar-refractivity contribution is 7.07. The Morgan fingerprint density at radius 3 is 3.00 bits per heavy atom. The Kier molecular flexibility index (Phi) is 2.43. The fourth-order valence-corrected chi connectivity index (χ4v) is 1.04. The minimum Gasteiger partial charge on any atom is -0.461 e. The zero-order valence-electron chi connectivity index (χ0n) is 5.86. The van der Waals surface area contributed by atoms with Crippen molar-refractivity contribution in [3.05, 3.63) is 11.8 Å². The number of hydrogen-bond acceptors (Lipinski definition) is 4. The molecule has 0 saturated carbocycles. The van der Waals surface area contributed by atoms with Gasteiger partial charge in [-0.2, -0.15) is 4.37 Å². The maximum atomic E-state index is 10.8. The van der Waals surface area contributed by atoms with E-state index in [1.54, 1.807) is 6.92 Å². The Morgan fingerprint density at radius 2 is 2.55 bits per heavy atom. The van der Waals surface area contributed by atoms with Crippen LogP contribution in [0, 0.1) is 0 Å². The van der Waals surface area contributed by atoms with Crippen LogP contribution in [0.3, 0.4) is 0 Å². The van der Waals surface area contributed by atoms with Gasteiger partial charge in [0.2, 0.25) is 0 Å². The highest BCUT2D eigenvalue weighted by atomic mass is 32.1. The second-order valence-corrected chi connectivity index (χ2v) is 2.52. The molecule has 0 bridgehead atoms. The smallest absolute Gasteiger partial charge is 0.358 e. The van der Waals surface area contributed by atoms with Crippen LogP contribution in [0.4, 0.5) is 0 Å². The van der Waals surface area contributed by atoms with Crippen LogP contribution >= 0.6 is 11.5 Å². The van der Waals surface area contributed by atoms with Crippen molar-refractivity contribution < 1.29 is 14.6 Å². The first-order valence-electron chi connectivity index (χ1n) is 3.05. The number of ether oxygens (including phenoxy) is 1. The number of hydrogen-bond donors (Lipinski definition) is 0. The van der Waals surface area contributed by atoms with Gasteiger partial charge in [-0.05, 0) is 6.92 Å². The van der Waals surface area contributed by atoms with E-state index < -0.39 is 5.97 Å². The number of nitrogens with zero attached hydrogens (tertiary/aromatic N) is 1. The highest BCUT2D eigenvalue weighted by Crippen LogP contribution is 2.17. The highest BCUT2D eigenvalue weighted by Gasteiger charge is 2.11. The Hall–Kier alpha value is -1.10. The molecule has 0 N–H and O–H groups in total. The van der Waals surface area contributed by atoms with Crippen molar-refractivity contribution in [3.63, 3.8) is 0 Å². The van der Waals surface area contributed by atoms with Crippen molar-refractivity contribution >= 4 is 17.5 Å². The van der Waals surface area contributed by atoms with E-state index >= 15 is 0 Å². The summed E-state index contributed by atoms with van der Waals surface area (Å²) < 4.78 is 8.20. The average molecular weight is 172 g/mol. The molecule has 0 spiro atoms. The van der Waals surface area contributed by atoms with Gasteiger partial charge in [0.15, 0.2) is 5.69 Å². The lowest BCUT2D eigenvalue weighted by Crippen LogP contribution is -2.03. The number of carbonyl (C=O) groups is 1. The SMILES string of the molecule is CCOC(=O)c1cc([O])sn1. The summed E-state index contributed by atoms with van der Waals surface area (Å²) in [6.07, 6.45) is 0. The third-order valence-electron chi connectivity index (χ3n) is 0.973. The minimum atomic E-state index is -0.536. The predicted octanol–water partition coefficient (Wildman–Crippen LogP) is 1.46. The van der Waals surface area contributed by atoms with Crippen LogP contribution in [-0.2, 0) is 9.84 Å². The van der Waals surface area contributed by atoms with Crippen LogP contribution in [0.2, 0.25) is 0 Å². The molecule has 1 aromatic heterocycles. The lowest BCUT2D eigenvalue weighted by molar-refractivity contribution is 0.0520. The fraction of sp³-hybridized carbons (Fsp3) is 0.333. The molecule has 0 atom stereocenters. The van der Waals surface area contributed by atoms with Crippen LogP contribution in [-0.4, -0.2) is 16.9 Å². The molecular weight excluding hydrogens is 166 g/mol. The first-order chi connectivity index (χ1) is 5.24. The van der Waals surface area contributed by atoms with Gasteiger partial charge in [0.05, 0.1) is 6.61 Å². The first kappa shape index (κ1) is 8.00. The Balaban J connectivity index is 2.69. The Bertz CT molecular complexity index is 258. The topological polar surface area (TPSA) is 59.1 Å². The van der Waals surface area contributed by atoms with E-state index in [1.807, 2.05) is 0 Å². The maximum Gasteiger partial charge on any atom is 0.358 e. The van der Waals surface area contributed by atoms with Crippen LogP contribution < -0.4 is 0 Å². The molecule has 5 heteroatoms. The monoisotopic (exact) mass is 172 g/mol.